The quantitative estimate of drug-likeness (QED) is 0.533. The van der Waals surface area contributed by atoms with E-state index in [1.807, 2.05) is 0 Å². The Kier molecular flexibility index (Phi) is 4.79. The van der Waals surface area contributed by atoms with Crippen LogP contribution in [0.15, 0.2) is 48.5 Å². The Bertz CT molecular complexity index is 1110. The summed E-state index contributed by atoms with van der Waals surface area (Å²) in [5.74, 6) is -2.42. The molecule has 0 saturated heterocycles. The maximum atomic E-state index is 12.2. The van der Waals surface area contributed by atoms with Gasteiger partial charge in [-0.25, -0.2) is 9.59 Å². The van der Waals surface area contributed by atoms with Crippen molar-refractivity contribution < 1.29 is 30.0 Å². The summed E-state index contributed by atoms with van der Waals surface area (Å²) in [5.41, 5.74) is 2.07. The maximum absolute atomic E-state index is 12.2. The number of rotatable bonds is 4. The predicted molar refractivity (Wildman–Crippen MR) is 104 cm³/mol. The van der Waals surface area contributed by atoms with Crippen molar-refractivity contribution in [2.45, 2.75) is 13.8 Å². The highest BCUT2D eigenvalue weighted by atomic mass is 16.4. The minimum Gasteiger partial charge on any atom is -0.508 e. The van der Waals surface area contributed by atoms with E-state index in [9.17, 15) is 30.0 Å². The second-order valence-electron chi connectivity index (χ2n) is 6.52. The number of carbonyl (C=O) groups is 2. The number of aryl methyl sites for hydroxylation is 2. The fourth-order valence-electron chi connectivity index (χ4n) is 3.18. The lowest BCUT2D eigenvalue weighted by molar-refractivity contribution is 0.0696. The van der Waals surface area contributed by atoms with Crippen LogP contribution in [0.3, 0.4) is 0 Å². The number of hydrogen-bond donors (Lipinski definition) is 4. The highest BCUT2D eigenvalue weighted by Gasteiger charge is 2.24. The summed E-state index contributed by atoms with van der Waals surface area (Å²) in [6, 6.07) is 11.9. The van der Waals surface area contributed by atoms with Crippen molar-refractivity contribution in [1.82, 2.24) is 0 Å². The third-order valence-electron chi connectivity index (χ3n) is 4.64. The van der Waals surface area contributed by atoms with Gasteiger partial charge < -0.3 is 20.4 Å². The number of carboxylic acids is 2. The lowest BCUT2D eigenvalue weighted by Gasteiger charge is -2.16. The Morgan fingerprint density at radius 2 is 1.25 bits per heavy atom. The fourth-order valence-corrected chi connectivity index (χ4v) is 3.18. The van der Waals surface area contributed by atoms with Crippen molar-refractivity contribution in [2.75, 3.05) is 0 Å². The second kappa shape index (κ2) is 7.08. The zero-order valence-electron chi connectivity index (χ0n) is 15.2. The summed E-state index contributed by atoms with van der Waals surface area (Å²) in [5, 5.41) is 39.1. The zero-order valence-corrected chi connectivity index (χ0v) is 15.2. The summed E-state index contributed by atoms with van der Waals surface area (Å²) < 4.78 is 0. The van der Waals surface area contributed by atoms with E-state index in [0.717, 1.165) is 0 Å². The second-order valence-corrected chi connectivity index (χ2v) is 6.52. The fraction of sp³-hybridized carbons (Fsp3) is 0.0909. The van der Waals surface area contributed by atoms with Crippen molar-refractivity contribution in [2.24, 2.45) is 0 Å². The van der Waals surface area contributed by atoms with Gasteiger partial charge in [0.2, 0.25) is 0 Å². The Morgan fingerprint density at radius 1 is 0.714 bits per heavy atom. The van der Waals surface area contributed by atoms with Crippen LogP contribution >= 0.6 is 0 Å². The van der Waals surface area contributed by atoms with Crippen molar-refractivity contribution in [1.29, 1.82) is 0 Å². The van der Waals surface area contributed by atoms with Crippen molar-refractivity contribution in [3.8, 4) is 33.8 Å². The van der Waals surface area contributed by atoms with Gasteiger partial charge in [-0.3, -0.25) is 0 Å². The van der Waals surface area contributed by atoms with Crippen LogP contribution in [-0.2, 0) is 0 Å². The first-order chi connectivity index (χ1) is 13.2. The van der Waals surface area contributed by atoms with Crippen LogP contribution in [0.5, 0.6) is 11.5 Å². The lowest BCUT2D eigenvalue weighted by atomic mass is 9.87. The molecule has 0 amide bonds. The summed E-state index contributed by atoms with van der Waals surface area (Å²) in [6.07, 6.45) is 0. The van der Waals surface area contributed by atoms with E-state index in [-0.39, 0.29) is 28.2 Å². The Hall–Kier alpha value is -3.80. The van der Waals surface area contributed by atoms with Gasteiger partial charge in [0.1, 0.15) is 11.5 Å². The third kappa shape index (κ3) is 3.27. The molecule has 6 nitrogen and oxygen atoms in total. The van der Waals surface area contributed by atoms with Crippen molar-refractivity contribution >= 4 is 11.9 Å². The van der Waals surface area contributed by atoms with Gasteiger partial charge in [-0.15, -0.1) is 0 Å². The molecule has 0 fully saturated rings. The van der Waals surface area contributed by atoms with E-state index in [1.54, 1.807) is 32.0 Å². The number of phenols is 2. The molecule has 0 aliphatic carbocycles. The van der Waals surface area contributed by atoms with Gasteiger partial charge in [-0.05, 0) is 72.0 Å². The van der Waals surface area contributed by atoms with Gasteiger partial charge in [-0.2, -0.15) is 0 Å². The van der Waals surface area contributed by atoms with Crippen LogP contribution in [0.4, 0.5) is 0 Å². The van der Waals surface area contributed by atoms with Crippen LogP contribution in [0.2, 0.25) is 0 Å². The number of carboxylic acid groups (broad SMARTS) is 2. The molecular weight excluding hydrogens is 360 g/mol. The number of benzene rings is 3. The minimum absolute atomic E-state index is 0.0304. The summed E-state index contributed by atoms with van der Waals surface area (Å²) in [4.78, 5) is 24.0. The first-order valence-electron chi connectivity index (χ1n) is 8.44. The first-order valence-corrected chi connectivity index (χ1v) is 8.44. The molecule has 0 bridgehead atoms. The smallest absolute Gasteiger partial charge is 0.336 e. The van der Waals surface area contributed by atoms with Crippen molar-refractivity contribution in [3.05, 3.63) is 70.8 Å². The monoisotopic (exact) mass is 378 g/mol. The molecule has 142 valence electrons. The molecular formula is C22H18O6. The molecule has 0 atom stereocenters. The van der Waals surface area contributed by atoms with Crippen LogP contribution in [0.1, 0.15) is 31.8 Å². The Labute approximate surface area is 161 Å². The Balaban J connectivity index is 2.40. The largest absolute Gasteiger partial charge is 0.508 e. The molecule has 0 aliphatic rings. The molecule has 0 spiro atoms. The zero-order chi connectivity index (χ0) is 20.6. The Morgan fingerprint density at radius 3 is 1.75 bits per heavy atom. The van der Waals surface area contributed by atoms with E-state index >= 15 is 0 Å². The molecule has 6 heteroatoms. The molecule has 0 unspecified atom stereocenters. The molecule has 3 aromatic carbocycles. The number of aromatic carboxylic acids is 2. The molecule has 0 saturated carbocycles. The normalized spacial score (nSPS) is 10.6. The predicted octanol–water partition coefficient (Wildman–Crippen LogP) is 4.45. The van der Waals surface area contributed by atoms with Gasteiger partial charge >= 0.3 is 11.9 Å². The highest BCUT2D eigenvalue weighted by Crippen LogP contribution is 2.38. The summed E-state index contributed by atoms with van der Waals surface area (Å²) in [7, 11) is 0. The van der Waals surface area contributed by atoms with Gasteiger partial charge in [0.25, 0.3) is 0 Å². The first kappa shape index (κ1) is 19.0. The molecule has 3 rings (SSSR count). The van der Waals surface area contributed by atoms with Crippen LogP contribution < -0.4 is 0 Å². The van der Waals surface area contributed by atoms with Gasteiger partial charge in [-0.1, -0.05) is 18.2 Å². The van der Waals surface area contributed by atoms with Crippen molar-refractivity contribution in [3.63, 3.8) is 0 Å². The van der Waals surface area contributed by atoms with E-state index in [1.165, 1.54) is 30.3 Å². The summed E-state index contributed by atoms with van der Waals surface area (Å²) in [6.45, 7) is 3.34. The minimum atomic E-state index is -1.27. The highest BCUT2D eigenvalue weighted by molar-refractivity contribution is 6.09. The van der Waals surface area contributed by atoms with Crippen LogP contribution in [-0.4, -0.2) is 32.4 Å². The molecule has 3 aromatic rings. The average Bonchev–Trinajstić information content (AvgIpc) is 2.64. The molecule has 0 radical (unpaired) electrons. The third-order valence-corrected chi connectivity index (χ3v) is 4.64. The number of phenolic OH excluding ortho intramolecular Hbond substituents is 2. The van der Waals surface area contributed by atoms with E-state index in [2.05, 4.69) is 0 Å². The molecule has 0 aliphatic heterocycles. The van der Waals surface area contributed by atoms with Gasteiger partial charge in [0.05, 0.1) is 11.1 Å². The lowest BCUT2D eigenvalue weighted by Crippen LogP contribution is -2.09. The van der Waals surface area contributed by atoms with E-state index < -0.39 is 11.9 Å². The number of aromatic hydroxyl groups is 2. The molecule has 28 heavy (non-hydrogen) atoms. The van der Waals surface area contributed by atoms with Gasteiger partial charge in [0, 0.05) is 5.56 Å². The number of hydrogen-bond acceptors (Lipinski definition) is 4. The maximum Gasteiger partial charge on any atom is 0.336 e. The van der Waals surface area contributed by atoms with E-state index in [4.69, 9.17) is 0 Å². The molecule has 4 N–H and O–H groups in total. The SMILES string of the molecule is Cc1cc(-c2ccc(C(=O)O)c(-c3ccc(O)c(C)c3)c2C(=O)O)ccc1O. The molecule has 0 aromatic heterocycles. The average molecular weight is 378 g/mol. The van der Waals surface area contributed by atoms with Crippen LogP contribution in [0.25, 0.3) is 22.3 Å². The van der Waals surface area contributed by atoms with E-state index in [0.29, 0.717) is 27.8 Å². The van der Waals surface area contributed by atoms with Crippen LogP contribution in [0, 0.1) is 13.8 Å². The van der Waals surface area contributed by atoms with Gasteiger partial charge in [0.15, 0.2) is 0 Å². The standard InChI is InChI=1S/C22H18O6/c1-11-9-13(3-7-17(11)23)15-5-6-16(21(25)26)19(20(15)22(27)28)14-4-8-18(24)12(2)10-14/h3-10,23-24H,1-2H3,(H,25,26)(H,27,28). The summed E-state index contributed by atoms with van der Waals surface area (Å²) >= 11 is 0. The topological polar surface area (TPSA) is 115 Å². The molecule has 0 heterocycles.